The van der Waals surface area contributed by atoms with Crippen LogP contribution in [0.3, 0.4) is 0 Å². The van der Waals surface area contributed by atoms with Gasteiger partial charge in [0, 0.05) is 85.8 Å². The van der Waals surface area contributed by atoms with Gasteiger partial charge in [0.15, 0.2) is 0 Å². The van der Waals surface area contributed by atoms with Gasteiger partial charge in [-0.3, -0.25) is 0 Å². The maximum absolute atomic E-state index is 9.75. The molecule has 1 aliphatic carbocycles. The molecule has 0 saturated carbocycles. The Bertz CT molecular complexity index is 2870. The largest absolute Gasteiger partial charge is 0.673 e. The molecule has 4 nitrogen and oxygen atoms in total. The standard InChI is InChI=1S/C52H53N2O2S.BF4/c1-5-7-27-53-44(40-19-13-21-42-48(40)46(53)31-37-29-33(3)55-50(37)42)25-23-35-15-12-16-36(52(35)57-39-17-10-9-11-18-39)24-26-45-41-20-14-22-43-49(41)47(54(45)28-8-6-2)32-38-30-34(4)56-51(38)43;2-1(3,4)5/h9-11,13-14,17-26,31-34H,5-8,12,15-16,27-30H2,1-4H3;/q+1;-1. The molecule has 62 heavy (non-hydrogen) atoms. The van der Waals surface area contributed by atoms with Crippen molar-refractivity contribution in [2.24, 2.45) is 0 Å². The van der Waals surface area contributed by atoms with Crippen LogP contribution < -0.4 is 14.8 Å². The number of aryl methyl sites for hydroxylation is 1. The molecular formula is C52H53BF4N2O2S. The summed E-state index contributed by atoms with van der Waals surface area (Å²) in [4.78, 5) is 2.68. The highest BCUT2D eigenvalue weighted by atomic mass is 32.2. The molecule has 0 amide bonds. The molecule has 3 aliphatic heterocycles. The number of rotatable bonds is 11. The Hall–Kier alpha value is -5.22. The van der Waals surface area contributed by atoms with Crippen molar-refractivity contribution >= 4 is 68.9 Å². The van der Waals surface area contributed by atoms with Crippen LogP contribution in [0, 0.1) is 0 Å². The van der Waals surface area contributed by atoms with E-state index in [1.54, 1.807) is 0 Å². The van der Waals surface area contributed by atoms with E-state index < -0.39 is 7.25 Å². The second kappa shape index (κ2) is 17.5. The lowest BCUT2D eigenvalue weighted by atomic mass is 9.93. The predicted octanol–water partition coefficient (Wildman–Crippen LogP) is 13.9. The van der Waals surface area contributed by atoms with E-state index in [1.807, 2.05) is 11.8 Å². The number of hydrogen-bond donors (Lipinski definition) is 0. The molecule has 2 atom stereocenters. The molecule has 0 spiro atoms. The summed E-state index contributed by atoms with van der Waals surface area (Å²) in [7, 11) is -6.00. The Kier molecular flexibility index (Phi) is 11.9. The number of hydrogen-bond acceptors (Lipinski definition) is 3. The summed E-state index contributed by atoms with van der Waals surface area (Å²) in [6.45, 7) is 11.0. The molecule has 0 fully saturated rings. The lowest BCUT2D eigenvalue weighted by molar-refractivity contribution is -0.436. The zero-order chi connectivity index (χ0) is 43.1. The van der Waals surface area contributed by atoms with Crippen molar-refractivity contribution in [2.45, 2.75) is 109 Å². The first-order valence-electron chi connectivity index (χ1n) is 22.4. The quantitative estimate of drug-likeness (QED) is 0.0738. The maximum Gasteiger partial charge on any atom is 0.673 e. The Morgan fingerprint density at radius 3 is 2.13 bits per heavy atom. The van der Waals surface area contributed by atoms with Crippen LogP contribution in [0.5, 0.6) is 11.5 Å². The second-order valence-corrected chi connectivity index (χ2v) is 18.2. The van der Waals surface area contributed by atoms with Gasteiger partial charge in [-0.05, 0) is 81.0 Å². The Morgan fingerprint density at radius 1 is 0.758 bits per heavy atom. The Balaban J connectivity index is 0.000000929. The third-order valence-corrected chi connectivity index (χ3v) is 13.7. The minimum atomic E-state index is -6.00. The average molecular weight is 857 g/mol. The van der Waals surface area contributed by atoms with E-state index in [-0.39, 0.29) is 12.2 Å². The van der Waals surface area contributed by atoms with Crippen molar-refractivity contribution in [1.82, 2.24) is 4.57 Å². The number of unbranched alkanes of at least 4 members (excludes halogenated alkanes) is 2. The highest BCUT2D eigenvalue weighted by Gasteiger charge is 2.35. The lowest BCUT2D eigenvalue weighted by Crippen LogP contribution is -2.16. The first kappa shape index (κ1) is 42.1. The molecule has 0 radical (unpaired) electrons. The van der Waals surface area contributed by atoms with Gasteiger partial charge in [-0.2, -0.15) is 4.58 Å². The van der Waals surface area contributed by atoms with E-state index >= 15 is 0 Å². The van der Waals surface area contributed by atoms with Crippen molar-refractivity contribution in [3.63, 3.8) is 0 Å². The topological polar surface area (TPSA) is 26.4 Å². The highest BCUT2D eigenvalue weighted by Crippen LogP contribution is 2.47. The van der Waals surface area contributed by atoms with E-state index in [0.29, 0.717) is 0 Å². The molecule has 320 valence electrons. The van der Waals surface area contributed by atoms with Gasteiger partial charge in [0.1, 0.15) is 30.3 Å². The molecule has 0 N–H and O–H groups in total. The zero-order valence-corrected chi connectivity index (χ0v) is 36.8. The molecule has 1 aromatic heterocycles. The zero-order valence-electron chi connectivity index (χ0n) is 36.0. The molecule has 0 bridgehead atoms. The van der Waals surface area contributed by atoms with E-state index in [4.69, 9.17) is 9.47 Å². The number of ether oxygens (including phenoxy) is 2. The van der Waals surface area contributed by atoms with Gasteiger partial charge < -0.3 is 31.3 Å². The monoisotopic (exact) mass is 856 g/mol. The van der Waals surface area contributed by atoms with Gasteiger partial charge in [0.05, 0.1) is 16.5 Å². The fourth-order valence-electron chi connectivity index (χ4n) is 9.87. The maximum atomic E-state index is 9.75. The fraction of sp³-hybridized carbons (Fsp3) is 0.327. The molecule has 2 unspecified atom stereocenters. The Labute approximate surface area is 365 Å². The third kappa shape index (κ3) is 8.23. The van der Waals surface area contributed by atoms with Crippen LogP contribution >= 0.6 is 11.8 Å². The van der Waals surface area contributed by atoms with Crippen LogP contribution in [-0.4, -0.2) is 40.9 Å². The first-order chi connectivity index (χ1) is 30.0. The van der Waals surface area contributed by atoms with E-state index in [2.05, 4.69) is 140 Å². The minimum absolute atomic E-state index is 0.224. The van der Waals surface area contributed by atoms with Crippen LogP contribution in [0.25, 0.3) is 38.5 Å². The molecular weight excluding hydrogens is 803 g/mol. The normalized spacial score (nSPS) is 19.3. The lowest BCUT2D eigenvalue weighted by Gasteiger charge is -2.21. The van der Waals surface area contributed by atoms with Gasteiger partial charge in [-0.25, -0.2) is 0 Å². The average Bonchev–Trinajstić information content (AvgIpc) is 3.99. The van der Waals surface area contributed by atoms with Gasteiger partial charge in [0.25, 0.3) is 0 Å². The summed E-state index contributed by atoms with van der Waals surface area (Å²) in [6, 6.07) is 29.4. The van der Waals surface area contributed by atoms with Crippen molar-refractivity contribution in [2.75, 3.05) is 6.54 Å². The number of halogens is 4. The van der Waals surface area contributed by atoms with Gasteiger partial charge in [0.2, 0.25) is 11.4 Å². The SMILES string of the molecule is CCCCn1/c(=C\C=C2/CCCC(/C=C/C3=[N+](CCCC)c4cc5c(c6cccc3c46)OC(C)C5)=C2Sc2ccccc2)c2cccc3c4c(cc1c32)CC(C)O4.F[B-](F)(F)F. The minimum Gasteiger partial charge on any atom is -0.489 e. The molecule has 10 rings (SSSR count). The van der Waals surface area contributed by atoms with Crippen molar-refractivity contribution in [3.8, 4) is 11.5 Å². The third-order valence-electron chi connectivity index (χ3n) is 12.5. The molecule has 5 aromatic carbocycles. The van der Waals surface area contributed by atoms with E-state index in [0.717, 1.165) is 82.4 Å². The molecule has 6 aromatic rings. The van der Waals surface area contributed by atoms with Crippen LogP contribution in [0.2, 0.25) is 0 Å². The van der Waals surface area contributed by atoms with Gasteiger partial charge >= 0.3 is 7.25 Å². The van der Waals surface area contributed by atoms with Crippen LogP contribution in [0.1, 0.15) is 89.3 Å². The number of allylic oxidation sites excluding steroid dienone is 5. The van der Waals surface area contributed by atoms with E-state index in [1.165, 1.54) is 86.8 Å². The van der Waals surface area contributed by atoms with E-state index in [9.17, 15) is 17.3 Å². The van der Waals surface area contributed by atoms with Crippen LogP contribution in [0.4, 0.5) is 23.0 Å². The van der Waals surface area contributed by atoms with Crippen LogP contribution in [0.15, 0.2) is 118 Å². The summed E-state index contributed by atoms with van der Waals surface area (Å²) in [5.74, 6) is 2.18. The first-order valence-corrected chi connectivity index (χ1v) is 23.2. The number of benzene rings is 5. The number of aromatic nitrogens is 1. The summed E-state index contributed by atoms with van der Waals surface area (Å²) < 4.78 is 57.0. The summed E-state index contributed by atoms with van der Waals surface area (Å²) in [6.07, 6.45) is 20.1. The Morgan fingerprint density at radius 2 is 1.42 bits per heavy atom. The van der Waals surface area contributed by atoms with Gasteiger partial charge in [-0.15, -0.1) is 0 Å². The van der Waals surface area contributed by atoms with Gasteiger partial charge in [-0.1, -0.05) is 99.1 Å². The number of thioether (sulfide) groups is 1. The second-order valence-electron chi connectivity index (χ2n) is 17.1. The van der Waals surface area contributed by atoms with Crippen molar-refractivity contribution in [3.05, 3.63) is 135 Å². The molecule has 4 aliphatic rings. The smallest absolute Gasteiger partial charge is 0.489 e. The van der Waals surface area contributed by atoms with Crippen LogP contribution in [-0.2, 0) is 19.4 Å². The predicted molar refractivity (Wildman–Crippen MR) is 250 cm³/mol. The molecule has 4 heterocycles. The summed E-state index contributed by atoms with van der Waals surface area (Å²) in [5.41, 5.74) is 10.9. The highest BCUT2D eigenvalue weighted by molar-refractivity contribution is 8.03. The van der Waals surface area contributed by atoms with Crippen molar-refractivity contribution < 1.29 is 31.3 Å². The molecule has 10 heteroatoms. The number of fused-ring (bicyclic) bond motifs is 4. The summed E-state index contributed by atoms with van der Waals surface area (Å²) in [5, 5.41) is 7.84. The summed E-state index contributed by atoms with van der Waals surface area (Å²) >= 11 is 1.93. The fourth-order valence-corrected chi connectivity index (χ4v) is 11.0. The van der Waals surface area contributed by atoms with Crippen molar-refractivity contribution in [1.29, 1.82) is 0 Å². The molecule has 0 saturated heterocycles. The number of nitrogens with zero attached hydrogens (tertiary/aromatic N) is 2.